The minimum atomic E-state index is -1.25. The molecule has 0 aliphatic carbocycles. The molecule has 0 radical (unpaired) electrons. The average Bonchev–Trinajstić information content (AvgIpc) is 3.24. The van der Waals surface area contributed by atoms with Gasteiger partial charge in [0.25, 0.3) is 0 Å². The zero-order valence-corrected chi connectivity index (χ0v) is 13.9. The first-order chi connectivity index (χ1) is 12.3. The fourth-order valence-electron chi connectivity index (χ4n) is 2.88. The molecule has 6 N–H and O–H groups in total. The molecule has 1 saturated heterocycles. The topological polar surface area (TPSA) is 179 Å². The van der Waals surface area contributed by atoms with E-state index < -0.39 is 48.3 Å². The molecule has 0 spiro atoms. The molecule has 2 heterocycles. The van der Waals surface area contributed by atoms with Crippen LogP contribution in [0, 0.1) is 0 Å². The number of hydrogen-bond acceptors (Lipinski definition) is 6. The monoisotopic (exact) mass is 367 g/mol. The fourth-order valence-corrected chi connectivity index (χ4v) is 2.88. The molecule has 0 saturated carbocycles. The normalized spacial score (nSPS) is 19.0. The summed E-state index contributed by atoms with van der Waals surface area (Å²) in [6.45, 7) is 0.266. The summed E-state index contributed by atoms with van der Waals surface area (Å²) in [6, 6.07) is -3.31. The maximum absolute atomic E-state index is 12.5. The number of carboxylic acids is 2. The van der Waals surface area contributed by atoms with Gasteiger partial charge in [0.2, 0.25) is 11.8 Å². The Kier molecular flexibility index (Phi) is 6.28. The van der Waals surface area contributed by atoms with Crippen LogP contribution in [0.4, 0.5) is 0 Å². The smallest absolute Gasteiger partial charge is 0.326 e. The van der Waals surface area contributed by atoms with Crippen LogP contribution in [0.3, 0.4) is 0 Å². The quantitative estimate of drug-likeness (QED) is 0.361. The number of H-pyrrole nitrogens is 1. The summed E-state index contributed by atoms with van der Waals surface area (Å²) in [5, 5.41) is 20.5. The number of carbonyl (C=O) groups is 4. The number of nitrogens with two attached hydrogens (primary N) is 1. The van der Waals surface area contributed by atoms with Gasteiger partial charge < -0.3 is 31.1 Å². The summed E-state index contributed by atoms with van der Waals surface area (Å²) in [7, 11) is 0. The highest BCUT2D eigenvalue weighted by Crippen LogP contribution is 2.19. The summed E-state index contributed by atoms with van der Waals surface area (Å²) >= 11 is 0. The lowest BCUT2D eigenvalue weighted by molar-refractivity contribution is -0.145. The van der Waals surface area contributed by atoms with E-state index in [9.17, 15) is 24.3 Å². The molecule has 3 unspecified atom stereocenters. The van der Waals surface area contributed by atoms with Crippen molar-refractivity contribution in [2.24, 2.45) is 5.73 Å². The first-order valence-corrected chi connectivity index (χ1v) is 8.08. The van der Waals surface area contributed by atoms with Crippen molar-refractivity contribution >= 4 is 23.8 Å². The van der Waals surface area contributed by atoms with Crippen molar-refractivity contribution in [1.82, 2.24) is 20.2 Å². The van der Waals surface area contributed by atoms with Crippen LogP contribution in [0.25, 0.3) is 0 Å². The fraction of sp³-hybridized carbons (Fsp3) is 0.533. The Bertz CT molecular complexity index is 676. The van der Waals surface area contributed by atoms with E-state index in [0.717, 1.165) is 0 Å². The summed E-state index contributed by atoms with van der Waals surface area (Å²) < 4.78 is 0. The molecule has 11 nitrogen and oxygen atoms in total. The molecule has 0 aromatic carbocycles. The number of likely N-dealkylation sites (tertiary alicyclic amines) is 1. The van der Waals surface area contributed by atoms with Crippen molar-refractivity contribution in [3.05, 3.63) is 18.2 Å². The lowest BCUT2D eigenvalue weighted by Gasteiger charge is -2.27. The predicted molar refractivity (Wildman–Crippen MR) is 86.8 cm³/mol. The lowest BCUT2D eigenvalue weighted by atomic mass is 10.1. The predicted octanol–water partition coefficient (Wildman–Crippen LogP) is -1.69. The van der Waals surface area contributed by atoms with Gasteiger partial charge in [-0.25, -0.2) is 9.78 Å². The number of aromatic nitrogens is 2. The van der Waals surface area contributed by atoms with E-state index in [1.165, 1.54) is 17.4 Å². The highest BCUT2D eigenvalue weighted by molar-refractivity contribution is 5.93. The van der Waals surface area contributed by atoms with Gasteiger partial charge in [0, 0.05) is 24.9 Å². The summed E-state index contributed by atoms with van der Waals surface area (Å²) in [6.07, 6.45) is 3.23. The maximum Gasteiger partial charge on any atom is 0.326 e. The Hall–Kier alpha value is -2.95. The molecule has 142 valence electrons. The molecule has 2 amide bonds. The maximum atomic E-state index is 12.5. The molecule has 1 aromatic heterocycles. The molecule has 2 rings (SSSR count). The zero-order valence-electron chi connectivity index (χ0n) is 13.9. The second-order valence-corrected chi connectivity index (χ2v) is 6.07. The van der Waals surface area contributed by atoms with Crippen molar-refractivity contribution in [3.8, 4) is 0 Å². The van der Waals surface area contributed by atoms with Crippen molar-refractivity contribution in [2.45, 2.75) is 43.8 Å². The Morgan fingerprint density at radius 1 is 1.38 bits per heavy atom. The molecular formula is C15H21N5O6. The Balaban J connectivity index is 2.02. The van der Waals surface area contributed by atoms with Crippen molar-refractivity contribution in [1.29, 1.82) is 0 Å². The number of amides is 2. The van der Waals surface area contributed by atoms with Crippen LogP contribution in [-0.4, -0.2) is 73.5 Å². The largest absolute Gasteiger partial charge is 0.481 e. The van der Waals surface area contributed by atoms with Crippen LogP contribution in [0.1, 0.15) is 25.0 Å². The van der Waals surface area contributed by atoms with Gasteiger partial charge in [0.1, 0.15) is 12.1 Å². The number of nitrogens with one attached hydrogen (secondary N) is 2. The van der Waals surface area contributed by atoms with Crippen LogP contribution in [-0.2, 0) is 25.6 Å². The van der Waals surface area contributed by atoms with Gasteiger partial charge in [0.05, 0.1) is 18.8 Å². The van der Waals surface area contributed by atoms with Crippen LogP contribution in [0.5, 0.6) is 0 Å². The standard InChI is InChI=1S/C15H21N5O6/c16-9(5-12(21)22)14(24)20-3-1-2-11(20)13(23)19-10(15(25)26)4-8-6-17-7-18-8/h6-7,9-11H,1-5,16H2,(H,17,18)(H,19,23)(H,21,22)(H,25,26). The zero-order chi connectivity index (χ0) is 19.3. The Labute approximate surface area is 148 Å². The molecule has 1 fully saturated rings. The van der Waals surface area contributed by atoms with E-state index in [1.54, 1.807) is 0 Å². The lowest BCUT2D eigenvalue weighted by Crippen LogP contribution is -2.54. The van der Waals surface area contributed by atoms with Gasteiger partial charge in [0.15, 0.2) is 0 Å². The third kappa shape index (κ3) is 4.79. The number of carbonyl (C=O) groups excluding carboxylic acids is 2. The number of carboxylic acid groups (broad SMARTS) is 2. The van der Waals surface area contributed by atoms with E-state index in [0.29, 0.717) is 18.5 Å². The summed E-state index contributed by atoms with van der Waals surface area (Å²) in [4.78, 5) is 54.7. The van der Waals surface area contributed by atoms with E-state index in [-0.39, 0.29) is 13.0 Å². The third-order valence-electron chi connectivity index (χ3n) is 4.14. The molecule has 0 bridgehead atoms. The molecule has 11 heteroatoms. The van der Waals surface area contributed by atoms with Gasteiger partial charge in [-0.2, -0.15) is 0 Å². The number of aromatic amines is 1. The van der Waals surface area contributed by atoms with Crippen LogP contribution in [0.15, 0.2) is 12.5 Å². The molecule has 1 aromatic rings. The van der Waals surface area contributed by atoms with E-state index in [1.807, 2.05) is 0 Å². The van der Waals surface area contributed by atoms with Crippen LogP contribution < -0.4 is 11.1 Å². The molecule has 1 aliphatic rings. The number of rotatable bonds is 8. The number of nitrogens with zero attached hydrogens (tertiary/aromatic N) is 2. The minimum absolute atomic E-state index is 0.0142. The second-order valence-electron chi connectivity index (χ2n) is 6.07. The Morgan fingerprint density at radius 3 is 2.69 bits per heavy atom. The van der Waals surface area contributed by atoms with Gasteiger partial charge >= 0.3 is 11.9 Å². The van der Waals surface area contributed by atoms with E-state index >= 15 is 0 Å². The first-order valence-electron chi connectivity index (χ1n) is 8.08. The van der Waals surface area contributed by atoms with Crippen molar-refractivity contribution < 1.29 is 29.4 Å². The SMILES string of the molecule is NC(CC(=O)O)C(=O)N1CCCC1C(=O)NC(Cc1cnc[nH]1)C(=O)O. The Morgan fingerprint density at radius 2 is 2.12 bits per heavy atom. The minimum Gasteiger partial charge on any atom is -0.481 e. The average molecular weight is 367 g/mol. The number of aliphatic carboxylic acids is 2. The highest BCUT2D eigenvalue weighted by Gasteiger charge is 2.38. The third-order valence-corrected chi connectivity index (χ3v) is 4.14. The van der Waals surface area contributed by atoms with Crippen LogP contribution >= 0.6 is 0 Å². The molecule has 3 atom stereocenters. The van der Waals surface area contributed by atoms with Gasteiger partial charge in [-0.15, -0.1) is 0 Å². The van der Waals surface area contributed by atoms with Crippen molar-refractivity contribution in [2.75, 3.05) is 6.54 Å². The summed E-state index contributed by atoms with van der Waals surface area (Å²) in [5.74, 6) is -3.67. The second kappa shape index (κ2) is 8.43. The number of imidazole rings is 1. The van der Waals surface area contributed by atoms with Crippen LogP contribution in [0.2, 0.25) is 0 Å². The van der Waals surface area contributed by atoms with Crippen molar-refractivity contribution in [3.63, 3.8) is 0 Å². The first kappa shape index (κ1) is 19.4. The van der Waals surface area contributed by atoms with Gasteiger partial charge in [-0.3, -0.25) is 14.4 Å². The van der Waals surface area contributed by atoms with E-state index in [2.05, 4.69) is 15.3 Å². The molecule has 1 aliphatic heterocycles. The highest BCUT2D eigenvalue weighted by atomic mass is 16.4. The van der Waals surface area contributed by atoms with E-state index in [4.69, 9.17) is 10.8 Å². The molecule has 26 heavy (non-hydrogen) atoms. The summed E-state index contributed by atoms with van der Waals surface area (Å²) in [5.41, 5.74) is 6.13. The van der Waals surface area contributed by atoms with Gasteiger partial charge in [-0.05, 0) is 12.8 Å². The molecular weight excluding hydrogens is 346 g/mol. The number of hydrogen-bond donors (Lipinski definition) is 5. The van der Waals surface area contributed by atoms with Gasteiger partial charge in [-0.1, -0.05) is 0 Å².